The summed E-state index contributed by atoms with van der Waals surface area (Å²) in [5, 5.41) is 8.69. The van der Waals surface area contributed by atoms with Crippen LogP contribution >= 0.6 is 0 Å². The quantitative estimate of drug-likeness (QED) is 0.607. The molecular weight excluding hydrogens is 292 g/mol. The lowest BCUT2D eigenvalue weighted by Gasteiger charge is -2.34. The van der Waals surface area contributed by atoms with E-state index in [9.17, 15) is 13.2 Å². The highest BCUT2D eigenvalue weighted by atomic mass is 32.2. The maximum atomic E-state index is 12.6. The molecule has 7 nitrogen and oxygen atoms in total. The van der Waals surface area contributed by atoms with Crippen molar-refractivity contribution in [2.24, 2.45) is 4.99 Å². The minimum atomic E-state index is -3.65. The molecule has 0 aliphatic carbocycles. The molecule has 0 radical (unpaired) electrons. The minimum Gasteiger partial charge on any atom is -0.244 e. The lowest BCUT2D eigenvalue weighted by Crippen LogP contribution is -2.45. The molecule has 0 spiro atoms. The number of pyridine rings is 1. The number of aromatic nitrogens is 1. The van der Waals surface area contributed by atoms with Crippen LogP contribution in [0.25, 0.3) is 0 Å². The zero-order valence-corrected chi connectivity index (χ0v) is 12.2. The largest absolute Gasteiger partial charge is 0.244 e. The van der Waals surface area contributed by atoms with Gasteiger partial charge in [-0.05, 0) is 31.9 Å². The number of rotatable bonds is 3. The Morgan fingerprint density at radius 1 is 1.48 bits per heavy atom. The van der Waals surface area contributed by atoms with Gasteiger partial charge in [0.05, 0.1) is 6.04 Å². The minimum absolute atomic E-state index is 0.0608. The van der Waals surface area contributed by atoms with Crippen LogP contribution in [-0.4, -0.2) is 42.4 Å². The number of nitrogens with zero attached hydrogens (tertiary/aromatic N) is 4. The van der Waals surface area contributed by atoms with Gasteiger partial charge in [-0.3, -0.25) is 0 Å². The third-order valence-corrected chi connectivity index (χ3v) is 5.48. The van der Waals surface area contributed by atoms with E-state index in [1.165, 1.54) is 28.7 Å². The van der Waals surface area contributed by atoms with Gasteiger partial charge in [0.1, 0.15) is 16.7 Å². The second kappa shape index (κ2) is 6.14. The van der Waals surface area contributed by atoms with Crippen LogP contribution in [0.3, 0.4) is 0 Å². The van der Waals surface area contributed by atoms with E-state index in [2.05, 4.69) is 9.98 Å². The number of aliphatic imine (C=N–C) groups is 1. The monoisotopic (exact) mass is 306 g/mol. The summed E-state index contributed by atoms with van der Waals surface area (Å²) >= 11 is 0. The van der Waals surface area contributed by atoms with Gasteiger partial charge in [-0.1, -0.05) is 0 Å². The van der Waals surface area contributed by atoms with Gasteiger partial charge in [0, 0.05) is 18.8 Å². The molecular formula is C13H14N4O3S. The standard InChI is InChI=1S/C13H14N4O3S/c1-10-6-11(16-9-18)4-5-17(10)21(19,20)13-3-2-12(7-14)15-8-13/h2-3,8,10-11H,4-6H2,1H3. The highest BCUT2D eigenvalue weighted by molar-refractivity contribution is 7.89. The van der Waals surface area contributed by atoms with Crippen molar-refractivity contribution in [1.82, 2.24) is 9.29 Å². The van der Waals surface area contributed by atoms with Gasteiger partial charge in [0.25, 0.3) is 0 Å². The van der Waals surface area contributed by atoms with Crippen LogP contribution in [0.4, 0.5) is 0 Å². The summed E-state index contributed by atoms with van der Waals surface area (Å²) in [7, 11) is -3.65. The van der Waals surface area contributed by atoms with Crippen LogP contribution in [0.1, 0.15) is 25.5 Å². The molecule has 0 saturated carbocycles. The summed E-state index contributed by atoms with van der Waals surface area (Å²) in [6.45, 7) is 2.07. The third kappa shape index (κ3) is 3.16. The molecule has 2 atom stereocenters. The lowest BCUT2D eigenvalue weighted by atomic mass is 10.0. The van der Waals surface area contributed by atoms with E-state index in [0.29, 0.717) is 19.4 Å². The first kappa shape index (κ1) is 15.3. The molecule has 1 saturated heterocycles. The van der Waals surface area contributed by atoms with Crippen molar-refractivity contribution in [2.45, 2.75) is 36.7 Å². The van der Waals surface area contributed by atoms with Crippen LogP contribution in [0.5, 0.6) is 0 Å². The van der Waals surface area contributed by atoms with E-state index in [1.807, 2.05) is 6.07 Å². The molecule has 110 valence electrons. The number of hydrogen-bond donors (Lipinski definition) is 0. The Kier molecular flexibility index (Phi) is 4.48. The Bertz CT molecular complexity index is 702. The van der Waals surface area contributed by atoms with Crippen molar-refractivity contribution >= 4 is 16.1 Å². The number of piperidine rings is 1. The van der Waals surface area contributed by atoms with E-state index in [-0.39, 0.29) is 22.7 Å². The number of nitriles is 1. The van der Waals surface area contributed by atoms with Crippen molar-refractivity contribution in [1.29, 1.82) is 5.26 Å². The van der Waals surface area contributed by atoms with E-state index in [0.717, 1.165) is 0 Å². The van der Waals surface area contributed by atoms with Crippen LogP contribution < -0.4 is 0 Å². The molecule has 21 heavy (non-hydrogen) atoms. The number of isocyanates is 1. The predicted octanol–water partition coefficient (Wildman–Crippen LogP) is 0.831. The van der Waals surface area contributed by atoms with Crippen molar-refractivity contribution in [3.63, 3.8) is 0 Å². The van der Waals surface area contributed by atoms with Gasteiger partial charge in [0.15, 0.2) is 0 Å². The molecule has 2 heterocycles. The van der Waals surface area contributed by atoms with Crippen LogP contribution in [0, 0.1) is 11.3 Å². The van der Waals surface area contributed by atoms with Gasteiger partial charge >= 0.3 is 0 Å². The highest BCUT2D eigenvalue weighted by Crippen LogP contribution is 2.26. The molecule has 0 bridgehead atoms. The molecule has 0 aromatic carbocycles. The van der Waals surface area contributed by atoms with E-state index >= 15 is 0 Å². The fraction of sp³-hybridized carbons (Fsp3) is 0.462. The van der Waals surface area contributed by atoms with Crippen molar-refractivity contribution in [2.75, 3.05) is 6.54 Å². The molecule has 0 amide bonds. The fourth-order valence-corrected chi connectivity index (χ4v) is 4.01. The summed E-state index contributed by atoms with van der Waals surface area (Å²) in [6.07, 6.45) is 3.69. The molecule has 8 heteroatoms. The van der Waals surface area contributed by atoms with Gasteiger partial charge in [-0.25, -0.2) is 23.2 Å². The molecule has 2 unspecified atom stereocenters. The normalized spacial score (nSPS) is 23.0. The van der Waals surface area contributed by atoms with E-state index in [4.69, 9.17) is 5.26 Å². The topological polar surface area (TPSA) is 103 Å². The number of sulfonamides is 1. The highest BCUT2D eigenvalue weighted by Gasteiger charge is 2.34. The maximum absolute atomic E-state index is 12.6. The summed E-state index contributed by atoms with van der Waals surface area (Å²) < 4.78 is 26.5. The van der Waals surface area contributed by atoms with Crippen LogP contribution in [-0.2, 0) is 14.8 Å². The lowest BCUT2D eigenvalue weighted by molar-refractivity contribution is 0.248. The first-order chi connectivity index (χ1) is 9.98. The zero-order chi connectivity index (χ0) is 15.5. The summed E-state index contributed by atoms with van der Waals surface area (Å²) in [4.78, 5) is 17.8. The number of hydrogen-bond acceptors (Lipinski definition) is 6. The summed E-state index contributed by atoms with van der Waals surface area (Å²) in [5.41, 5.74) is 0.168. The maximum Gasteiger partial charge on any atom is 0.244 e. The molecule has 1 aliphatic rings. The van der Waals surface area contributed by atoms with Gasteiger partial charge in [-0.15, -0.1) is 0 Å². The van der Waals surface area contributed by atoms with Crippen molar-refractivity contribution in [3.8, 4) is 6.07 Å². The van der Waals surface area contributed by atoms with Crippen molar-refractivity contribution < 1.29 is 13.2 Å². The SMILES string of the molecule is CC1CC(N=C=O)CCN1S(=O)(=O)c1ccc(C#N)nc1. The van der Waals surface area contributed by atoms with Crippen LogP contribution in [0.15, 0.2) is 28.2 Å². The second-order valence-electron chi connectivity index (χ2n) is 4.85. The third-order valence-electron chi connectivity index (χ3n) is 3.48. The first-order valence-corrected chi connectivity index (χ1v) is 7.88. The Labute approximate surface area is 123 Å². The van der Waals surface area contributed by atoms with E-state index < -0.39 is 10.0 Å². The average Bonchev–Trinajstić information content (AvgIpc) is 2.47. The van der Waals surface area contributed by atoms with Crippen LogP contribution in [0.2, 0.25) is 0 Å². The van der Waals surface area contributed by atoms with E-state index in [1.54, 1.807) is 6.92 Å². The molecule has 1 fully saturated rings. The number of carbonyl (C=O) groups excluding carboxylic acids is 1. The van der Waals surface area contributed by atoms with Gasteiger partial charge in [0.2, 0.25) is 16.1 Å². The van der Waals surface area contributed by atoms with Crippen molar-refractivity contribution in [3.05, 3.63) is 24.0 Å². The second-order valence-corrected chi connectivity index (χ2v) is 6.74. The summed E-state index contributed by atoms with van der Waals surface area (Å²) in [6, 6.07) is 4.16. The Morgan fingerprint density at radius 3 is 2.76 bits per heavy atom. The zero-order valence-electron chi connectivity index (χ0n) is 11.4. The average molecular weight is 306 g/mol. The fourth-order valence-electron chi connectivity index (χ4n) is 2.41. The Hall–Kier alpha value is -2.07. The smallest absolute Gasteiger partial charge is 0.244 e. The first-order valence-electron chi connectivity index (χ1n) is 6.44. The molecule has 1 aliphatic heterocycles. The van der Waals surface area contributed by atoms with Gasteiger partial charge in [-0.2, -0.15) is 9.57 Å². The molecule has 1 aromatic rings. The predicted molar refractivity (Wildman–Crippen MR) is 73.4 cm³/mol. The Balaban J connectivity index is 2.23. The molecule has 1 aromatic heterocycles. The van der Waals surface area contributed by atoms with Gasteiger partial charge < -0.3 is 0 Å². The summed E-state index contributed by atoms with van der Waals surface area (Å²) in [5.74, 6) is 0. The molecule has 2 rings (SSSR count). The Morgan fingerprint density at radius 2 is 2.24 bits per heavy atom. The molecule has 0 N–H and O–H groups in total.